The molecule has 0 aliphatic rings. The van der Waals surface area contributed by atoms with Gasteiger partial charge in [0.1, 0.15) is 11.6 Å². The van der Waals surface area contributed by atoms with Gasteiger partial charge in [0, 0.05) is 12.6 Å². The maximum absolute atomic E-state index is 5.53. The molecule has 6 nitrogen and oxygen atoms in total. The van der Waals surface area contributed by atoms with Gasteiger partial charge in [-0.15, -0.1) is 0 Å². The number of unbranched alkanes of at least 4 members (excludes halogenated alkanes) is 1. The smallest absolute Gasteiger partial charge is 0.223 e. The van der Waals surface area contributed by atoms with E-state index >= 15 is 0 Å². The lowest BCUT2D eigenvalue weighted by molar-refractivity contribution is 0.839. The van der Waals surface area contributed by atoms with Gasteiger partial charge in [0.15, 0.2) is 0 Å². The third-order valence-corrected chi connectivity index (χ3v) is 2.67. The third kappa shape index (κ3) is 4.54. The first-order valence-corrected chi connectivity index (χ1v) is 6.49. The summed E-state index contributed by atoms with van der Waals surface area (Å²) < 4.78 is 0. The van der Waals surface area contributed by atoms with Crippen LogP contribution >= 0.6 is 11.8 Å². The number of nitrogens with two attached hydrogens (primary N) is 2. The summed E-state index contributed by atoms with van der Waals surface area (Å²) in [6.07, 6.45) is 4.41. The van der Waals surface area contributed by atoms with Crippen LogP contribution in [0.3, 0.4) is 0 Å². The van der Waals surface area contributed by atoms with Crippen LogP contribution in [0.25, 0.3) is 0 Å². The Morgan fingerprint density at radius 3 is 2.75 bits per heavy atom. The van der Waals surface area contributed by atoms with Gasteiger partial charge >= 0.3 is 0 Å². The molecule has 0 atom stereocenters. The number of nitrogens with one attached hydrogen (secondary N) is 2. The fourth-order valence-corrected chi connectivity index (χ4v) is 1.71. The minimum Gasteiger partial charge on any atom is -0.370 e. The molecule has 0 spiro atoms. The normalized spacial score (nSPS) is 10.1. The maximum Gasteiger partial charge on any atom is 0.223 e. The minimum absolute atomic E-state index is 0.210. The Morgan fingerprint density at radius 2 is 2.06 bits per heavy atom. The Balaban J connectivity index is 2.38. The van der Waals surface area contributed by atoms with E-state index in [9.17, 15) is 0 Å². The van der Waals surface area contributed by atoms with Gasteiger partial charge in [0.2, 0.25) is 5.95 Å². The van der Waals surface area contributed by atoms with Gasteiger partial charge in [-0.25, -0.2) is 5.84 Å². The summed E-state index contributed by atoms with van der Waals surface area (Å²) in [5.74, 6) is 7.86. The molecule has 6 N–H and O–H groups in total. The predicted molar refractivity (Wildman–Crippen MR) is 70.4 cm³/mol. The number of aromatic nitrogens is 2. The molecule has 0 saturated carbocycles. The standard InChI is InChI=1S/C9H18N6S/c1-16-5-3-2-4-12-7-6-8(15-11)14-9(10)13-7/h6H,2-5,11H2,1H3,(H4,10,12,13,14,15). The second-order valence-corrected chi connectivity index (χ2v) is 4.25. The van der Waals surface area contributed by atoms with E-state index in [4.69, 9.17) is 11.6 Å². The molecule has 0 aliphatic carbocycles. The largest absolute Gasteiger partial charge is 0.370 e. The van der Waals surface area contributed by atoms with Gasteiger partial charge in [-0.1, -0.05) is 0 Å². The van der Waals surface area contributed by atoms with Gasteiger partial charge < -0.3 is 16.5 Å². The summed E-state index contributed by atoms with van der Waals surface area (Å²) in [6.45, 7) is 0.876. The number of hydrogen-bond acceptors (Lipinski definition) is 7. The average molecular weight is 242 g/mol. The molecule has 0 radical (unpaired) electrons. The number of nitrogens with zero attached hydrogens (tertiary/aromatic N) is 2. The van der Waals surface area contributed by atoms with E-state index in [0.717, 1.165) is 13.0 Å². The molecule has 0 aliphatic heterocycles. The summed E-state index contributed by atoms with van der Waals surface area (Å²) in [4.78, 5) is 7.95. The Bertz CT molecular complexity index is 319. The fraction of sp³-hybridized carbons (Fsp3) is 0.556. The topological polar surface area (TPSA) is 102 Å². The Hall–Kier alpha value is -1.21. The number of thioether (sulfide) groups is 1. The lowest BCUT2D eigenvalue weighted by Crippen LogP contribution is -2.12. The zero-order valence-corrected chi connectivity index (χ0v) is 10.2. The zero-order chi connectivity index (χ0) is 11.8. The fourth-order valence-electron chi connectivity index (χ4n) is 1.22. The lowest BCUT2D eigenvalue weighted by atomic mass is 10.3. The van der Waals surface area contributed by atoms with Gasteiger partial charge in [-0.3, -0.25) is 0 Å². The van der Waals surface area contributed by atoms with Crippen molar-refractivity contribution < 1.29 is 0 Å². The maximum atomic E-state index is 5.53. The molecule has 1 heterocycles. The van der Waals surface area contributed by atoms with Crippen LogP contribution in [0.1, 0.15) is 12.8 Å². The highest BCUT2D eigenvalue weighted by atomic mass is 32.2. The van der Waals surface area contributed by atoms with Crippen LogP contribution in [0.2, 0.25) is 0 Å². The molecule has 7 heteroatoms. The van der Waals surface area contributed by atoms with Gasteiger partial charge in [0.25, 0.3) is 0 Å². The highest BCUT2D eigenvalue weighted by Crippen LogP contribution is 2.11. The van der Waals surface area contributed by atoms with E-state index in [1.54, 1.807) is 6.07 Å². The first kappa shape index (κ1) is 12.9. The number of rotatable bonds is 7. The van der Waals surface area contributed by atoms with Crippen molar-refractivity contribution >= 4 is 29.3 Å². The Labute approximate surface area is 99.6 Å². The zero-order valence-electron chi connectivity index (χ0n) is 9.36. The second kappa shape index (κ2) is 7.13. The van der Waals surface area contributed by atoms with E-state index in [0.29, 0.717) is 11.6 Å². The lowest BCUT2D eigenvalue weighted by Gasteiger charge is -2.07. The number of hydrazine groups is 1. The molecule has 0 bridgehead atoms. The van der Waals surface area contributed by atoms with Crippen LogP contribution < -0.4 is 22.3 Å². The first-order chi connectivity index (χ1) is 7.76. The Kier molecular flexibility index (Phi) is 5.73. The Morgan fingerprint density at radius 1 is 1.31 bits per heavy atom. The quantitative estimate of drug-likeness (QED) is 0.320. The summed E-state index contributed by atoms with van der Waals surface area (Å²) in [5, 5.41) is 3.18. The van der Waals surface area contributed by atoms with Crippen LogP contribution in [-0.2, 0) is 0 Å². The number of hydrogen-bond donors (Lipinski definition) is 4. The van der Waals surface area contributed by atoms with Crippen molar-refractivity contribution in [2.24, 2.45) is 5.84 Å². The monoisotopic (exact) mass is 242 g/mol. The molecule has 0 unspecified atom stereocenters. The van der Waals surface area contributed by atoms with E-state index in [2.05, 4.69) is 27.0 Å². The van der Waals surface area contributed by atoms with E-state index in [-0.39, 0.29) is 5.95 Å². The van der Waals surface area contributed by atoms with E-state index < -0.39 is 0 Å². The second-order valence-electron chi connectivity index (χ2n) is 3.27. The minimum atomic E-state index is 0.210. The molecule has 90 valence electrons. The molecule has 0 fully saturated rings. The van der Waals surface area contributed by atoms with E-state index in [1.807, 2.05) is 11.8 Å². The van der Waals surface area contributed by atoms with Gasteiger partial charge in [-0.05, 0) is 24.9 Å². The molecular formula is C9H18N6S. The van der Waals surface area contributed by atoms with Crippen LogP contribution in [0.15, 0.2) is 6.07 Å². The molecular weight excluding hydrogens is 224 g/mol. The average Bonchev–Trinajstić information content (AvgIpc) is 2.28. The van der Waals surface area contributed by atoms with Crippen molar-refractivity contribution in [1.29, 1.82) is 0 Å². The third-order valence-electron chi connectivity index (χ3n) is 1.97. The van der Waals surface area contributed by atoms with Crippen LogP contribution in [0.4, 0.5) is 17.6 Å². The summed E-state index contributed by atoms with van der Waals surface area (Å²) in [6, 6.07) is 1.73. The van der Waals surface area contributed by atoms with Crippen LogP contribution in [0, 0.1) is 0 Å². The van der Waals surface area contributed by atoms with Crippen molar-refractivity contribution in [2.75, 3.05) is 35.0 Å². The highest BCUT2D eigenvalue weighted by Gasteiger charge is 2.00. The van der Waals surface area contributed by atoms with Crippen molar-refractivity contribution in [2.45, 2.75) is 12.8 Å². The van der Waals surface area contributed by atoms with Crippen molar-refractivity contribution in [1.82, 2.24) is 9.97 Å². The molecule has 0 aromatic carbocycles. The molecule has 1 aromatic heterocycles. The molecule has 16 heavy (non-hydrogen) atoms. The molecule has 0 amide bonds. The van der Waals surface area contributed by atoms with E-state index in [1.165, 1.54) is 12.2 Å². The van der Waals surface area contributed by atoms with Crippen molar-refractivity contribution in [3.05, 3.63) is 6.07 Å². The number of anilines is 3. The first-order valence-electron chi connectivity index (χ1n) is 5.10. The van der Waals surface area contributed by atoms with Crippen LogP contribution in [0.5, 0.6) is 0 Å². The number of nitrogen functional groups attached to an aromatic ring is 2. The van der Waals surface area contributed by atoms with Crippen molar-refractivity contribution in [3.63, 3.8) is 0 Å². The summed E-state index contributed by atoms with van der Waals surface area (Å²) in [7, 11) is 0. The van der Waals surface area contributed by atoms with Crippen LogP contribution in [-0.4, -0.2) is 28.5 Å². The molecule has 1 aromatic rings. The van der Waals surface area contributed by atoms with Gasteiger partial charge in [0.05, 0.1) is 0 Å². The predicted octanol–water partition coefficient (Wildman–Crippen LogP) is 0.899. The highest BCUT2D eigenvalue weighted by molar-refractivity contribution is 7.98. The summed E-state index contributed by atoms with van der Waals surface area (Å²) >= 11 is 1.86. The molecule has 0 saturated heterocycles. The molecule has 1 rings (SSSR count). The summed E-state index contributed by atoms with van der Waals surface area (Å²) in [5.41, 5.74) is 7.97. The SMILES string of the molecule is CSCCCCNc1cc(NN)nc(N)n1. The van der Waals surface area contributed by atoms with Crippen molar-refractivity contribution in [3.8, 4) is 0 Å². The van der Waals surface area contributed by atoms with Gasteiger partial charge in [-0.2, -0.15) is 21.7 Å².